The quantitative estimate of drug-likeness (QED) is 0.601. The summed E-state index contributed by atoms with van der Waals surface area (Å²) in [5.74, 6) is 0.529. The summed E-state index contributed by atoms with van der Waals surface area (Å²) in [7, 11) is 0. The maximum absolute atomic E-state index is 10.5. The van der Waals surface area contributed by atoms with Crippen LogP contribution in [0.3, 0.4) is 0 Å². The molecule has 8 nitrogen and oxygen atoms in total. The Morgan fingerprint density at radius 3 is 2.54 bits per heavy atom. The smallest absolute Gasteiger partial charge is 0.227 e. The molecule has 8 heteroatoms. The van der Waals surface area contributed by atoms with Crippen LogP contribution < -0.4 is 5.32 Å². The molecule has 0 aliphatic carbocycles. The van der Waals surface area contributed by atoms with E-state index in [1.54, 1.807) is 33.2 Å². The number of nitrogens with zero attached hydrogens (tertiary/aromatic N) is 5. The van der Waals surface area contributed by atoms with E-state index in [0.29, 0.717) is 11.6 Å². The van der Waals surface area contributed by atoms with Gasteiger partial charge in [0.05, 0.1) is 18.3 Å². The average molecular weight is 382 g/mol. The molecule has 1 aromatic carbocycles. The molecule has 3 N–H and O–H groups in total. The Morgan fingerprint density at radius 2 is 1.86 bits per heavy atom. The number of hydrogen-bond acceptors (Lipinski definition) is 7. The minimum Gasteiger partial charge on any atom is -0.387 e. The first kappa shape index (κ1) is 19.9. The summed E-state index contributed by atoms with van der Waals surface area (Å²) in [5, 5.41) is 32.2. The molecule has 0 aliphatic heterocycles. The van der Waals surface area contributed by atoms with Crippen LogP contribution >= 0.6 is 0 Å². The molecule has 1 atom stereocenters. The molecule has 148 valence electrons. The van der Waals surface area contributed by atoms with Crippen LogP contribution in [0.15, 0.2) is 36.7 Å². The summed E-state index contributed by atoms with van der Waals surface area (Å²) in [6.45, 7) is 8.74. The molecule has 0 aliphatic rings. The molecule has 0 radical (unpaired) electrons. The molecule has 0 spiro atoms. The molecule has 3 aromatic rings. The van der Waals surface area contributed by atoms with Crippen LogP contribution in [0, 0.1) is 13.8 Å². The molecule has 0 amide bonds. The van der Waals surface area contributed by atoms with Crippen molar-refractivity contribution in [2.75, 3.05) is 5.32 Å². The van der Waals surface area contributed by atoms with Gasteiger partial charge in [0.1, 0.15) is 11.3 Å². The number of aromatic nitrogens is 5. The van der Waals surface area contributed by atoms with Crippen molar-refractivity contribution in [2.24, 2.45) is 0 Å². The molecule has 0 fully saturated rings. The van der Waals surface area contributed by atoms with Gasteiger partial charge in [-0.05, 0) is 64.4 Å². The zero-order valence-corrected chi connectivity index (χ0v) is 16.8. The summed E-state index contributed by atoms with van der Waals surface area (Å²) in [6.07, 6.45) is 3.46. The molecular formula is C20H26N6O2. The number of aryl methyl sites for hydroxylation is 2. The zero-order chi connectivity index (χ0) is 20.5. The van der Waals surface area contributed by atoms with E-state index in [2.05, 4.69) is 25.6 Å². The van der Waals surface area contributed by atoms with E-state index in [0.717, 1.165) is 22.5 Å². The Hall–Kier alpha value is -2.84. The largest absolute Gasteiger partial charge is 0.387 e. The van der Waals surface area contributed by atoms with Gasteiger partial charge < -0.3 is 15.5 Å². The second-order valence-corrected chi connectivity index (χ2v) is 7.87. The predicted molar refractivity (Wildman–Crippen MR) is 107 cm³/mol. The van der Waals surface area contributed by atoms with Crippen molar-refractivity contribution in [2.45, 2.75) is 52.4 Å². The number of rotatable bonds is 6. The highest BCUT2D eigenvalue weighted by atomic mass is 16.4. The van der Waals surface area contributed by atoms with Crippen molar-refractivity contribution in [1.82, 2.24) is 25.0 Å². The van der Waals surface area contributed by atoms with Crippen LogP contribution in [0.25, 0.3) is 11.3 Å². The van der Waals surface area contributed by atoms with E-state index in [9.17, 15) is 10.2 Å². The van der Waals surface area contributed by atoms with Crippen molar-refractivity contribution in [3.05, 3.63) is 47.9 Å². The van der Waals surface area contributed by atoms with E-state index < -0.39 is 11.2 Å². The fraction of sp³-hybridized carbons (Fsp3) is 0.400. The van der Waals surface area contributed by atoms with Crippen molar-refractivity contribution in [3.8, 4) is 11.3 Å². The van der Waals surface area contributed by atoms with Crippen LogP contribution in [-0.2, 0) is 6.54 Å². The highest BCUT2D eigenvalue weighted by molar-refractivity contribution is 5.68. The maximum atomic E-state index is 10.5. The third-order valence-corrected chi connectivity index (χ3v) is 4.75. The first-order chi connectivity index (χ1) is 13.0. The molecule has 2 heterocycles. The fourth-order valence-corrected chi connectivity index (χ4v) is 2.66. The topological polar surface area (TPSA) is 109 Å². The number of aliphatic hydroxyl groups is 2. The lowest BCUT2D eigenvalue weighted by molar-refractivity contribution is -0.129. The van der Waals surface area contributed by atoms with Crippen molar-refractivity contribution >= 4 is 11.6 Å². The van der Waals surface area contributed by atoms with Crippen LogP contribution in [0.1, 0.15) is 32.0 Å². The summed E-state index contributed by atoms with van der Waals surface area (Å²) in [6, 6.07) is 7.79. The predicted octanol–water partition coefficient (Wildman–Crippen LogP) is 2.62. The summed E-state index contributed by atoms with van der Waals surface area (Å²) in [4.78, 5) is 8.59. The summed E-state index contributed by atoms with van der Waals surface area (Å²) in [5.41, 5.74) is 1.71. The maximum Gasteiger partial charge on any atom is 0.227 e. The SMILES string of the molecule is Cc1cc(Nc2nccc(C)n2)cc(-c2cn(CC(C)(O)C(C)(C)O)nn2)c1. The molecule has 3 rings (SSSR count). The molecular weight excluding hydrogens is 356 g/mol. The lowest BCUT2D eigenvalue weighted by Gasteiger charge is -2.35. The van der Waals surface area contributed by atoms with E-state index >= 15 is 0 Å². The molecule has 0 saturated carbocycles. The van der Waals surface area contributed by atoms with Crippen LogP contribution in [0.4, 0.5) is 11.6 Å². The van der Waals surface area contributed by atoms with Gasteiger partial charge in [-0.1, -0.05) is 5.21 Å². The summed E-state index contributed by atoms with van der Waals surface area (Å²) >= 11 is 0. The van der Waals surface area contributed by atoms with Crippen molar-refractivity contribution < 1.29 is 10.2 Å². The van der Waals surface area contributed by atoms with Crippen molar-refractivity contribution in [1.29, 1.82) is 0 Å². The number of anilines is 2. The Kier molecular flexibility index (Phi) is 5.18. The minimum absolute atomic E-state index is 0.123. The fourth-order valence-electron chi connectivity index (χ4n) is 2.66. The number of benzene rings is 1. The Balaban J connectivity index is 1.85. The monoisotopic (exact) mass is 382 g/mol. The third kappa shape index (κ3) is 4.52. The normalized spacial score (nSPS) is 14.0. The van der Waals surface area contributed by atoms with Gasteiger partial charge in [-0.3, -0.25) is 0 Å². The van der Waals surface area contributed by atoms with Gasteiger partial charge in [-0.15, -0.1) is 5.10 Å². The lowest BCUT2D eigenvalue weighted by atomic mass is 9.88. The molecule has 1 unspecified atom stereocenters. The zero-order valence-electron chi connectivity index (χ0n) is 16.8. The van der Waals surface area contributed by atoms with E-state index in [4.69, 9.17) is 0 Å². The van der Waals surface area contributed by atoms with E-state index in [1.165, 1.54) is 4.68 Å². The molecule has 2 aromatic heterocycles. The summed E-state index contributed by atoms with van der Waals surface area (Å²) < 4.78 is 1.53. The van der Waals surface area contributed by atoms with Gasteiger partial charge in [0.2, 0.25) is 5.95 Å². The molecule has 0 bridgehead atoms. The lowest BCUT2D eigenvalue weighted by Crippen LogP contribution is -2.50. The average Bonchev–Trinajstić information content (AvgIpc) is 3.01. The Morgan fingerprint density at radius 1 is 1.11 bits per heavy atom. The highest BCUT2D eigenvalue weighted by Gasteiger charge is 2.38. The number of hydrogen-bond donors (Lipinski definition) is 3. The highest BCUT2D eigenvalue weighted by Crippen LogP contribution is 2.26. The van der Waals surface area contributed by atoms with Gasteiger partial charge in [-0.2, -0.15) is 0 Å². The van der Waals surface area contributed by atoms with Gasteiger partial charge in [0.15, 0.2) is 0 Å². The van der Waals surface area contributed by atoms with Crippen molar-refractivity contribution in [3.63, 3.8) is 0 Å². The van der Waals surface area contributed by atoms with Crippen LogP contribution in [0.2, 0.25) is 0 Å². The molecule has 28 heavy (non-hydrogen) atoms. The Labute approximate surface area is 164 Å². The third-order valence-electron chi connectivity index (χ3n) is 4.75. The molecule has 0 saturated heterocycles. The van der Waals surface area contributed by atoms with Gasteiger partial charge in [0, 0.05) is 23.1 Å². The second kappa shape index (κ2) is 7.29. The van der Waals surface area contributed by atoms with E-state index in [-0.39, 0.29) is 6.54 Å². The first-order valence-electron chi connectivity index (χ1n) is 9.07. The number of nitrogens with one attached hydrogen (secondary N) is 1. The van der Waals surface area contributed by atoms with Crippen LogP contribution in [0.5, 0.6) is 0 Å². The standard InChI is InChI=1S/C20H26N6O2/c1-13-8-15(10-16(9-13)23-18-21-7-6-14(2)22-18)17-11-26(25-24-17)12-20(5,28)19(3,4)27/h6-11,27-28H,12H2,1-5H3,(H,21,22,23). The van der Waals surface area contributed by atoms with Crippen LogP contribution in [-0.4, -0.2) is 46.4 Å². The van der Waals surface area contributed by atoms with Gasteiger partial charge >= 0.3 is 0 Å². The Bertz CT molecular complexity index is 975. The van der Waals surface area contributed by atoms with E-state index in [1.807, 2.05) is 38.1 Å². The van der Waals surface area contributed by atoms with Gasteiger partial charge in [0.25, 0.3) is 0 Å². The minimum atomic E-state index is -1.35. The van der Waals surface area contributed by atoms with Gasteiger partial charge in [-0.25, -0.2) is 14.6 Å². The second-order valence-electron chi connectivity index (χ2n) is 7.87. The first-order valence-corrected chi connectivity index (χ1v) is 9.07.